The van der Waals surface area contributed by atoms with Gasteiger partial charge in [0.15, 0.2) is 5.13 Å². The third kappa shape index (κ3) is 3.96. The second kappa shape index (κ2) is 8.14. The average molecular weight is 393 g/mol. The zero-order chi connectivity index (χ0) is 18.8. The second-order valence-corrected chi connectivity index (χ2v) is 8.53. The molecule has 0 unspecified atom stereocenters. The first-order chi connectivity index (χ1) is 13.2. The summed E-state index contributed by atoms with van der Waals surface area (Å²) in [6.07, 6.45) is 3.17. The number of carbonyl (C=O) groups is 2. The first kappa shape index (κ1) is 18.7. The molecule has 2 fully saturated rings. The predicted octanol–water partition coefficient (Wildman–Crippen LogP) is 1.17. The Morgan fingerprint density at radius 3 is 2.56 bits per heavy atom. The van der Waals surface area contributed by atoms with E-state index in [-0.39, 0.29) is 17.7 Å². The number of ether oxygens (including phenoxy) is 1. The van der Waals surface area contributed by atoms with E-state index in [1.165, 1.54) is 10.6 Å². The number of anilines is 1. The molecule has 3 aliphatic rings. The number of carbonyl (C=O) groups excluding carboxylic acids is 2. The molecular weight excluding hydrogens is 364 g/mol. The molecule has 0 spiro atoms. The molecule has 2 amide bonds. The quantitative estimate of drug-likeness (QED) is 0.773. The summed E-state index contributed by atoms with van der Waals surface area (Å²) in [5.74, 6) is 0.603. The zero-order valence-corrected chi connectivity index (χ0v) is 16.8. The number of nitrogens with zero attached hydrogens (tertiary/aromatic N) is 4. The number of hydrogen-bond acceptors (Lipinski definition) is 6. The maximum absolute atomic E-state index is 12.8. The summed E-state index contributed by atoms with van der Waals surface area (Å²) in [5, 5.41) is 1.06. The predicted molar refractivity (Wildman–Crippen MR) is 104 cm³/mol. The molecule has 0 radical (unpaired) electrons. The van der Waals surface area contributed by atoms with Crippen LogP contribution >= 0.6 is 11.3 Å². The minimum atomic E-state index is 0.0860. The number of hydrogen-bond donors (Lipinski definition) is 0. The normalized spacial score (nSPS) is 23.3. The summed E-state index contributed by atoms with van der Waals surface area (Å²) in [7, 11) is 0. The van der Waals surface area contributed by atoms with E-state index in [0.29, 0.717) is 19.6 Å². The van der Waals surface area contributed by atoms with Crippen molar-refractivity contribution in [2.24, 2.45) is 5.92 Å². The van der Waals surface area contributed by atoms with Crippen molar-refractivity contribution in [3.05, 3.63) is 10.6 Å². The third-order valence-electron chi connectivity index (χ3n) is 5.81. The highest BCUT2D eigenvalue weighted by Gasteiger charge is 2.32. The first-order valence-corrected chi connectivity index (χ1v) is 10.8. The Labute approximate surface area is 164 Å². The fraction of sp³-hybridized carbons (Fsp3) is 0.737. The topological polar surface area (TPSA) is 66.0 Å². The molecule has 27 heavy (non-hydrogen) atoms. The fourth-order valence-corrected chi connectivity index (χ4v) is 5.36. The number of piperazine rings is 1. The number of morpholine rings is 1. The summed E-state index contributed by atoms with van der Waals surface area (Å²) < 4.78 is 5.36. The largest absolute Gasteiger partial charge is 0.378 e. The molecule has 3 heterocycles. The number of thiazole rings is 1. The van der Waals surface area contributed by atoms with Crippen LogP contribution in [-0.4, -0.2) is 79.1 Å². The van der Waals surface area contributed by atoms with Gasteiger partial charge in [-0.25, -0.2) is 4.98 Å². The van der Waals surface area contributed by atoms with Crippen molar-refractivity contribution in [3.8, 4) is 0 Å². The molecule has 148 valence electrons. The Morgan fingerprint density at radius 2 is 1.85 bits per heavy atom. The van der Waals surface area contributed by atoms with Crippen molar-refractivity contribution in [3.63, 3.8) is 0 Å². The van der Waals surface area contributed by atoms with Crippen LogP contribution in [0.1, 0.15) is 30.3 Å². The molecule has 7 nitrogen and oxygen atoms in total. The highest BCUT2D eigenvalue weighted by Crippen LogP contribution is 2.35. The summed E-state index contributed by atoms with van der Waals surface area (Å²) in [5.41, 5.74) is 1.17. The molecule has 1 atom stereocenters. The van der Waals surface area contributed by atoms with Crippen LogP contribution in [0.2, 0.25) is 0 Å². The van der Waals surface area contributed by atoms with Gasteiger partial charge in [-0.05, 0) is 19.3 Å². The molecule has 1 aromatic heterocycles. The Morgan fingerprint density at radius 1 is 1.11 bits per heavy atom. The van der Waals surface area contributed by atoms with Crippen LogP contribution < -0.4 is 4.90 Å². The molecule has 1 aromatic rings. The van der Waals surface area contributed by atoms with Gasteiger partial charge in [0.05, 0.1) is 18.9 Å². The van der Waals surface area contributed by atoms with Crippen molar-refractivity contribution in [2.45, 2.75) is 32.6 Å². The van der Waals surface area contributed by atoms with E-state index in [1.807, 2.05) is 16.7 Å². The molecule has 4 rings (SSSR count). The minimum absolute atomic E-state index is 0.0860. The van der Waals surface area contributed by atoms with E-state index in [1.54, 1.807) is 11.3 Å². The standard InChI is InChI=1S/C19H28N4O3S/c1-2-17(24)21-5-7-23(8-6-21)19-20-15-4-3-14(13-16(15)27-19)18(25)22-9-11-26-12-10-22/h14H,2-13H2,1H3/t14-/m1/s1. The fourth-order valence-electron chi connectivity index (χ4n) is 4.12. The van der Waals surface area contributed by atoms with Crippen LogP contribution in [0, 0.1) is 5.92 Å². The van der Waals surface area contributed by atoms with Gasteiger partial charge < -0.3 is 19.4 Å². The summed E-state index contributed by atoms with van der Waals surface area (Å²) >= 11 is 1.74. The maximum Gasteiger partial charge on any atom is 0.226 e. The highest BCUT2D eigenvalue weighted by molar-refractivity contribution is 7.15. The molecule has 8 heteroatoms. The zero-order valence-electron chi connectivity index (χ0n) is 16.0. The van der Waals surface area contributed by atoms with E-state index in [9.17, 15) is 9.59 Å². The van der Waals surface area contributed by atoms with Crippen LogP contribution in [0.3, 0.4) is 0 Å². The molecule has 2 aliphatic heterocycles. The highest BCUT2D eigenvalue weighted by atomic mass is 32.1. The monoisotopic (exact) mass is 392 g/mol. The van der Waals surface area contributed by atoms with E-state index < -0.39 is 0 Å². The summed E-state index contributed by atoms with van der Waals surface area (Å²) in [4.78, 5) is 37.0. The Balaban J connectivity index is 1.37. The molecule has 0 N–H and O–H groups in total. The van der Waals surface area contributed by atoms with Crippen molar-refractivity contribution >= 4 is 28.3 Å². The lowest BCUT2D eigenvalue weighted by Gasteiger charge is -2.34. The van der Waals surface area contributed by atoms with Gasteiger partial charge in [0.25, 0.3) is 0 Å². The van der Waals surface area contributed by atoms with Crippen LogP contribution in [0.15, 0.2) is 0 Å². The lowest BCUT2D eigenvalue weighted by Crippen LogP contribution is -2.48. The number of rotatable bonds is 3. The Hall–Kier alpha value is -1.67. The van der Waals surface area contributed by atoms with Crippen LogP contribution in [0.4, 0.5) is 5.13 Å². The number of aromatic nitrogens is 1. The molecular formula is C19H28N4O3S. The molecule has 0 bridgehead atoms. The van der Waals surface area contributed by atoms with Crippen molar-refractivity contribution in [1.82, 2.24) is 14.8 Å². The van der Waals surface area contributed by atoms with E-state index in [2.05, 4.69) is 4.90 Å². The molecule has 0 saturated carbocycles. The Kier molecular flexibility index (Phi) is 5.63. The lowest BCUT2D eigenvalue weighted by atomic mass is 9.90. The van der Waals surface area contributed by atoms with Gasteiger partial charge in [-0.15, -0.1) is 11.3 Å². The van der Waals surface area contributed by atoms with Gasteiger partial charge >= 0.3 is 0 Å². The van der Waals surface area contributed by atoms with E-state index in [0.717, 1.165) is 63.7 Å². The number of aryl methyl sites for hydroxylation is 1. The SMILES string of the molecule is CCC(=O)N1CCN(c2nc3c(s2)C[C@H](C(=O)N2CCOCC2)CC3)CC1. The van der Waals surface area contributed by atoms with Gasteiger partial charge in [0, 0.05) is 56.5 Å². The minimum Gasteiger partial charge on any atom is -0.378 e. The van der Waals surface area contributed by atoms with Gasteiger partial charge in [-0.3, -0.25) is 9.59 Å². The van der Waals surface area contributed by atoms with E-state index in [4.69, 9.17) is 9.72 Å². The summed E-state index contributed by atoms with van der Waals surface area (Å²) in [6.45, 7) is 7.89. The summed E-state index contributed by atoms with van der Waals surface area (Å²) in [6, 6.07) is 0. The van der Waals surface area contributed by atoms with Gasteiger partial charge in [-0.2, -0.15) is 0 Å². The van der Waals surface area contributed by atoms with Crippen LogP contribution in [0.25, 0.3) is 0 Å². The molecule has 0 aromatic carbocycles. The smallest absolute Gasteiger partial charge is 0.226 e. The number of fused-ring (bicyclic) bond motifs is 1. The molecule has 2 saturated heterocycles. The van der Waals surface area contributed by atoms with Crippen LogP contribution in [0.5, 0.6) is 0 Å². The maximum atomic E-state index is 12.8. The van der Waals surface area contributed by atoms with Crippen molar-refractivity contribution in [2.75, 3.05) is 57.4 Å². The van der Waals surface area contributed by atoms with Gasteiger partial charge in [0.2, 0.25) is 11.8 Å². The van der Waals surface area contributed by atoms with E-state index >= 15 is 0 Å². The Bertz CT molecular complexity index is 693. The first-order valence-electron chi connectivity index (χ1n) is 10.0. The van der Waals surface area contributed by atoms with Crippen molar-refractivity contribution < 1.29 is 14.3 Å². The molecule has 1 aliphatic carbocycles. The van der Waals surface area contributed by atoms with Gasteiger partial charge in [-0.1, -0.05) is 6.92 Å². The van der Waals surface area contributed by atoms with Gasteiger partial charge in [0.1, 0.15) is 0 Å². The second-order valence-electron chi connectivity index (χ2n) is 7.47. The average Bonchev–Trinajstić information content (AvgIpc) is 3.16. The van der Waals surface area contributed by atoms with Crippen LogP contribution in [-0.2, 0) is 27.2 Å². The lowest BCUT2D eigenvalue weighted by molar-refractivity contribution is -0.140. The van der Waals surface area contributed by atoms with Crippen molar-refractivity contribution in [1.29, 1.82) is 0 Å². The number of amides is 2. The third-order valence-corrected chi connectivity index (χ3v) is 6.99.